The summed E-state index contributed by atoms with van der Waals surface area (Å²) in [5.74, 6) is 1.11. The van der Waals surface area contributed by atoms with Crippen molar-refractivity contribution >= 4 is 0 Å². The fraction of sp³-hybridized carbons (Fsp3) is 0.571. The molecule has 0 aromatic heterocycles. The summed E-state index contributed by atoms with van der Waals surface area (Å²) in [4.78, 5) is 0. The molecule has 2 nitrogen and oxygen atoms in total. The third kappa shape index (κ3) is 1.82. The Kier molecular flexibility index (Phi) is 2.40. The number of fused-ring (bicyclic) bond motifs is 1. The molecule has 0 bridgehead atoms. The maximum absolute atomic E-state index is 5.95. The lowest BCUT2D eigenvalue weighted by molar-refractivity contribution is 0.164. The number of nitrogens with one attached hydrogen (secondary N) is 1. The third-order valence-electron chi connectivity index (χ3n) is 3.52. The van der Waals surface area contributed by atoms with Crippen molar-refractivity contribution in [2.24, 2.45) is 0 Å². The first-order valence-electron chi connectivity index (χ1n) is 6.26. The summed E-state index contributed by atoms with van der Waals surface area (Å²) in [6.45, 7) is 4.29. The minimum atomic E-state index is 0.324. The van der Waals surface area contributed by atoms with Gasteiger partial charge in [0.25, 0.3) is 0 Å². The number of hydrogen-bond acceptors (Lipinski definition) is 2. The molecule has 2 unspecified atom stereocenters. The lowest BCUT2D eigenvalue weighted by Crippen LogP contribution is -2.32. The zero-order chi connectivity index (χ0) is 11.1. The molecule has 2 aliphatic rings. The van der Waals surface area contributed by atoms with Crippen LogP contribution in [0.4, 0.5) is 0 Å². The van der Waals surface area contributed by atoms with E-state index in [2.05, 4.69) is 37.4 Å². The van der Waals surface area contributed by atoms with Crippen molar-refractivity contribution in [1.82, 2.24) is 5.32 Å². The van der Waals surface area contributed by atoms with Crippen molar-refractivity contribution in [3.8, 4) is 5.75 Å². The van der Waals surface area contributed by atoms with Gasteiger partial charge >= 0.3 is 0 Å². The quantitative estimate of drug-likeness (QED) is 0.822. The van der Waals surface area contributed by atoms with Crippen LogP contribution in [-0.2, 0) is 0 Å². The molecule has 2 heteroatoms. The van der Waals surface area contributed by atoms with Crippen LogP contribution < -0.4 is 10.1 Å². The first-order chi connectivity index (χ1) is 7.74. The van der Waals surface area contributed by atoms with E-state index in [-0.39, 0.29) is 0 Å². The second-order valence-electron chi connectivity index (χ2n) is 5.15. The van der Waals surface area contributed by atoms with Gasteiger partial charge in [-0.25, -0.2) is 0 Å². The Morgan fingerprint density at radius 3 is 2.88 bits per heavy atom. The highest BCUT2D eigenvalue weighted by atomic mass is 16.5. The van der Waals surface area contributed by atoms with E-state index in [1.54, 1.807) is 0 Å². The van der Waals surface area contributed by atoms with E-state index in [1.165, 1.54) is 24.0 Å². The lowest BCUT2D eigenvalue weighted by Gasteiger charge is -2.32. The van der Waals surface area contributed by atoms with Gasteiger partial charge in [-0.15, -0.1) is 0 Å². The molecular formula is C14H19NO. The molecule has 1 saturated carbocycles. The SMILES string of the molecule is Cc1cccc2c1OC(C)CC2NC1CC1. The molecule has 0 saturated heterocycles. The van der Waals surface area contributed by atoms with E-state index in [0.29, 0.717) is 12.1 Å². The molecule has 1 N–H and O–H groups in total. The van der Waals surface area contributed by atoms with Gasteiger partial charge in [-0.05, 0) is 32.3 Å². The number of aryl methyl sites for hydroxylation is 1. The van der Waals surface area contributed by atoms with Gasteiger partial charge in [0.05, 0.1) is 6.10 Å². The molecule has 86 valence electrons. The summed E-state index contributed by atoms with van der Waals surface area (Å²) < 4.78 is 5.95. The maximum Gasteiger partial charge on any atom is 0.127 e. The third-order valence-corrected chi connectivity index (χ3v) is 3.52. The average molecular weight is 217 g/mol. The van der Waals surface area contributed by atoms with Gasteiger partial charge in [0.15, 0.2) is 0 Å². The van der Waals surface area contributed by atoms with Crippen LogP contribution in [0.25, 0.3) is 0 Å². The fourth-order valence-electron chi connectivity index (χ4n) is 2.51. The highest BCUT2D eigenvalue weighted by Crippen LogP contribution is 2.38. The predicted molar refractivity (Wildman–Crippen MR) is 64.8 cm³/mol. The van der Waals surface area contributed by atoms with Gasteiger partial charge in [0, 0.05) is 24.1 Å². The molecular weight excluding hydrogens is 198 g/mol. The van der Waals surface area contributed by atoms with E-state index >= 15 is 0 Å². The molecule has 1 aromatic carbocycles. The maximum atomic E-state index is 5.95. The molecule has 1 fully saturated rings. The first-order valence-corrected chi connectivity index (χ1v) is 6.26. The Balaban J connectivity index is 1.93. The summed E-state index contributed by atoms with van der Waals surface area (Å²) in [5.41, 5.74) is 2.61. The minimum absolute atomic E-state index is 0.324. The molecule has 1 aromatic rings. The zero-order valence-corrected chi connectivity index (χ0v) is 9.99. The highest BCUT2D eigenvalue weighted by molar-refractivity contribution is 5.44. The molecule has 3 rings (SSSR count). The second-order valence-corrected chi connectivity index (χ2v) is 5.15. The predicted octanol–water partition coefficient (Wildman–Crippen LogP) is 2.96. The largest absolute Gasteiger partial charge is 0.490 e. The van der Waals surface area contributed by atoms with Crippen molar-refractivity contribution in [2.45, 2.75) is 51.3 Å². The van der Waals surface area contributed by atoms with Crippen LogP contribution in [-0.4, -0.2) is 12.1 Å². The van der Waals surface area contributed by atoms with Gasteiger partial charge in [-0.3, -0.25) is 0 Å². The van der Waals surface area contributed by atoms with Crippen LogP contribution in [0.3, 0.4) is 0 Å². The van der Waals surface area contributed by atoms with Gasteiger partial charge in [0.2, 0.25) is 0 Å². The molecule has 0 spiro atoms. The monoisotopic (exact) mass is 217 g/mol. The van der Waals surface area contributed by atoms with Crippen LogP contribution >= 0.6 is 0 Å². The van der Waals surface area contributed by atoms with Gasteiger partial charge in [0.1, 0.15) is 5.75 Å². The number of ether oxygens (including phenoxy) is 1. The van der Waals surface area contributed by atoms with Crippen LogP contribution in [0.1, 0.15) is 43.4 Å². The van der Waals surface area contributed by atoms with Crippen molar-refractivity contribution in [3.05, 3.63) is 29.3 Å². The van der Waals surface area contributed by atoms with Crippen molar-refractivity contribution in [2.75, 3.05) is 0 Å². The summed E-state index contributed by atoms with van der Waals surface area (Å²) in [6, 6.07) is 7.71. The van der Waals surface area contributed by atoms with Crippen LogP contribution in [0.15, 0.2) is 18.2 Å². The van der Waals surface area contributed by atoms with Crippen LogP contribution in [0.5, 0.6) is 5.75 Å². The highest BCUT2D eigenvalue weighted by Gasteiger charge is 2.31. The Morgan fingerprint density at radius 2 is 2.12 bits per heavy atom. The second kappa shape index (κ2) is 3.77. The first kappa shape index (κ1) is 10.2. The van der Waals surface area contributed by atoms with Crippen molar-refractivity contribution in [3.63, 3.8) is 0 Å². The smallest absolute Gasteiger partial charge is 0.127 e. The zero-order valence-electron chi connectivity index (χ0n) is 9.99. The average Bonchev–Trinajstić information content (AvgIpc) is 3.03. The topological polar surface area (TPSA) is 21.3 Å². The van der Waals surface area contributed by atoms with Crippen LogP contribution in [0.2, 0.25) is 0 Å². The minimum Gasteiger partial charge on any atom is -0.490 e. The molecule has 16 heavy (non-hydrogen) atoms. The molecule has 1 heterocycles. The summed E-state index contributed by atoms with van der Waals surface area (Å²) in [7, 11) is 0. The molecule has 1 aliphatic heterocycles. The number of rotatable bonds is 2. The lowest BCUT2D eigenvalue weighted by atomic mass is 9.95. The van der Waals surface area contributed by atoms with E-state index in [9.17, 15) is 0 Å². The summed E-state index contributed by atoms with van der Waals surface area (Å²) in [5, 5.41) is 3.73. The van der Waals surface area contributed by atoms with Crippen molar-refractivity contribution in [1.29, 1.82) is 0 Å². The number of para-hydroxylation sites is 1. The van der Waals surface area contributed by atoms with Gasteiger partial charge in [-0.1, -0.05) is 18.2 Å². The van der Waals surface area contributed by atoms with E-state index in [0.717, 1.165) is 18.2 Å². The number of hydrogen-bond donors (Lipinski definition) is 1. The van der Waals surface area contributed by atoms with Gasteiger partial charge < -0.3 is 10.1 Å². The normalized spacial score (nSPS) is 28.4. The Labute approximate surface area is 97.0 Å². The van der Waals surface area contributed by atoms with Crippen LogP contribution in [0, 0.1) is 6.92 Å². The number of benzene rings is 1. The van der Waals surface area contributed by atoms with E-state index in [4.69, 9.17) is 4.74 Å². The Bertz CT molecular complexity index is 398. The molecule has 0 radical (unpaired) electrons. The molecule has 0 amide bonds. The Hall–Kier alpha value is -1.02. The van der Waals surface area contributed by atoms with Crippen molar-refractivity contribution < 1.29 is 4.74 Å². The van der Waals surface area contributed by atoms with E-state index < -0.39 is 0 Å². The van der Waals surface area contributed by atoms with E-state index in [1.807, 2.05) is 0 Å². The van der Waals surface area contributed by atoms with Gasteiger partial charge in [-0.2, -0.15) is 0 Å². The standard InChI is InChI=1S/C14H19NO/c1-9-4-3-5-12-13(15-11-6-7-11)8-10(2)16-14(9)12/h3-5,10-11,13,15H,6-8H2,1-2H3. The molecule has 2 atom stereocenters. The Morgan fingerprint density at radius 1 is 1.31 bits per heavy atom. The fourth-order valence-corrected chi connectivity index (χ4v) is 2.51. The summed E-state index contributed by atoms with van der Waals surface area (Å²) in [6.07, 6.45) is 4.09. The molecule has 1 aliphatic carbocycles. The summed E-state index contributed by atoms with van der Waals surface area (Å²) >= 11 is 0.